The van der Waals surface area contributed by atoms with Crippen LogP contribution < -0.4 is 0 Å². The summed E-state index contributed by atoms with van der Waals surface area (Å²) in [6.07, 6.45) is -2.77. The summed E-state index contributed by atoms with van der Waals surface area (Å²) >= 11 is 0. The molecule has 0 unspecified atom stereocenters. The second kappa shape index (κ2) is 5.27. The predicted molar refractivity (Wildman–Crippen MR) is 52.3 cm³/mol. The van der Waals surface area contributed by atoms with Crippen molar-refractivity contribution in [1.82, 2.24) is 0 Å². The second-order valence-corrected chi connectivity index (χ2v) is 3.79. The first-order chi connectivity index (χ1) is 7.40. The van der Waals surface area contributed by atoms with E-state index in [2.05, 4.69) is 0 Å². The van der Waals surface area contributed by atoms with Crippen LogP contribution in [0.25, 0.3) is 0 Å². The molecule has 6 heteroatoms. The highest BCUT2D eigenvalue weighted by Gasteiger charge is 2.40. The van der Waals surface area contributed by atoms with Crippen molar-refractivity contribution in [1.29, 1.82) is 0 Å². The average molecular weight is 232 g/mol. The van der Waals surface area contributed by atoms with E-state index in [9.17, 15) is 14.7 Å². The van der Waals surface area contributed by atoms with Crippen molar-refractivity contribution >= 4 is 11.9 Å². The molecule has 6 nitrogen and oxygen atoms in total. The van der Waals surface area contributed by atoms with Gasteiger partial charge >= 0.3 is 11.9 Å². The summed E-state index contributed by atoms with van der Waals surface area (Å²) in [5.74, 6) is -1.04. The molecule has 1 rings (SSSR count). The number of carbonyl (C=O) groups excluding carboxylic acids is 2. The van der Waals surface area contributed by atoms with Crippen LogP contribution >= 0.6 is 0 Å². The highest BCUT2D eigenvalue weighted by atomic mass is 16.7. The van der Waals surface area contributed by atoms with Crippen molar-refractivity contribution in [2.45, 2.75) is 51.8 Å². The number of carbonyl (C=O) groups is 2. The number of hydrogen-bond donors (Lipinski definition) is 1. The van der Waals surface area contributed by atoms with E-state index in [0.717, 1.165) is 0 Å². The SMILES string of the molecule is CC(=O)O[C@H]1[C@H](O)O[C@@H](C)C[C@H]1OC(C)=O. The molecule has 0 amide bonds. The molecule has 16 heavy (non-hydrogen) atoms. The number of hydrogen-bond acceptors (Lipinski definition) is 6. The van der Waals surface area contributed by atoms with E-state index in [1.807, 2.05) is 0 Å². The number of ether oxygens (including phenoxy) is 3. The van der Waals surface area contributed by atoms with Gasteiger partial charge in [0.05, 0.1) is 6.10 Å². The lowest BCUT2D eigenvalue weighted by Gasteiger charge is -2.36. The minimum atomic E-state index is -1.27. The molecule has 0 radical (unpaired) electrons. The zero-order chi connectivity index (χ0) is 12.3. The van der Waals surface area contributed by atoms with Gasteiger partial charge in [-0.05, 0) is 6.92 Å². The Morgan fingerprint density at radius 2 is 1.81 bits per heavy atom. The summed E-state index contributed by atoms with van der Waals surface area (Å²) < 4.78 is 15.0. The van der Waals surface area contributed by atoms with Gasteiger partial charge in [-0.2, -0.15) is 0 Å². The minimum Gasteiger partial charge on any atom is -0.458 e. The Hall–Kier alpha value is -1.14. The zero-order valence-electron chi connectivity index (χ0n) is 9.50. The van der Waals surface area contributed by atoms with Gasteiger partial charge in [0, 0.05) is 20.3 Å². The molecule has 0 aromatic rings. The first-order valence-electron chi connectivity index (χ1n) is 5.08. The van der Waals surface area contributed by atoms with Crippen LogP contribution in [0.5, 0.6) is 0 Å². The summed E-state index contributed by atoms with van der Waals surface area (Å²) in [5.41, 5.74) is 0. The van der Waals surface area contributed by atoms with Crippen molar-refractivity contribution in [2.75, 3.05) is 0 Å². The lowest BCUT2D eigenvalue weighted by atomic mass is 10.0. The van der Waals surface area contributed by atoms with E-state index in [1.54, 1.807) is 6.92 Å². The Kier molecular flexibility index (Phi) is 4.26. The minimum absolute atomic E-state index is 0.258. The highest BCUT2D eigenvalue weighted by Crippen LogP contribution is 2.24. The lowest BCUT2D eigenvalue weighted by molar-refractivity contribution is -0.255. The lowest BCUT2D eigenvalue weighted by Crippen LogP contribution is -2.51. The Labute approximate surface area is 93.5 Å². The van der Waals surface area contributed by atoms with E-state index < -0.39 is 30.4 Å². The first kappa shape index (κ1) is 12.9. The van der Waals surface area contributed by atoms with Crippen LogP contribution in [0.2, 0.25) is 0 Å². The van der Waals surface area contributed by atoms with Gasteiger partial charge in [-0.25, -0.2) is 0 Å². The largest absolute Gasteiger partial charge is 0.458 e. The third-order valence-corrected chi connectivity index (χ3v) is 2.20. The van der Waals surface area contributed by atoms with Crippen molar-refractivity contribution in [3.8, 4) is 0 Å². The van der Waals surface area contributed by atoms with Crippen LogP contribution in [-0.2, 0) is 23.8 Å². The van der Waals surface area contributed by atoms with Crippen molar-refractivity contribution in [3.63, 3.8) is 0 Å². The molecule has 1 heterocycles. The maximum absolute atomic E-state index is 10.9. The molecule has 0 bridgehead atoms. The molecule has 0 aromatic heterocycles. The van der Waals surface area contributed by atoms with Gasteiger partial charge in [0.25, 0.3) is 0 Å². The van der Waals surface area contributed by atoms with E-state index in [4.69, 9.17) is 14.2 Å². The van der Waals surface area contributed by atoms with Gasteiger partial charge in [0.2, 0.25) is 0 Å². The van der Waals surface area contributed by atoms with Crippen LogP contribution in [0.1, 0.15) is 27.2 Å². The van der Waals surface area contributed by atoms with Crippen molar-refractivity contribution in [2.24, 2.45) is 0 Å². The number of rotatable bonds is 2. The Bertz CT molecular complexity index is 276. The number of aliphatic hydroxyl groups is 1. The van der Waals surface area contributed by atoms with Gasteiger partial charge < -0.3 is 19.3 Å². The fourth-order valence-electron chi connectivity index (χ4n) is 1.67. The molecule has 1 fully saturated rings. The van der Waals surface area contributed by atoms with Gasteiger partial charge in [0.1, 0.15) is 6.10 Å². The van der Waals surface area contributed by atoms with E-state index in [-0.39, 0.29) is 6.10 Å². The number of esters is 2. The van der Waals surface area contributed by atoms with Gasteiger partial charge in [-0.1, -0.05) is 0 Å². The molecule has 4 atom stereocenters. The van der Waals surface area contributed by atoms with Gasteiger partial charge in [-0.15, -0.1) is 0 Å². The molecular weight excluding hydrogens is 216 g/mol. The first-order valence-corrected chi connectivity index (χ1v) is 5.08. The maximum atomic E-state index is 10.9. The third-order valence-electron chi connectivity index (χ3n) is 2.20. The normalized spacial score (nSPS) is 34.2. The van der Waals surface area contributed by atoms with Crippen molar-refractivity contribution in [3.05, 3.63) is 0 Å². The predicted octanol–water partition coefficient (Wildman–Crippen LogP) is -0.0230. The second-order valence-electron chi connectivity index (χ2n) is 3.79. The Morgan fingerprint density at radius 1 is 1.25 bits per heavy atom. The van der Waals surface area contributed by atoms with Crippen molar-refractivity contribution < 1.29 is 28.9 Å². The third kappa shape index (κ3) is 3.46. The summed E-state index contributed by atoms with van der Waals surface area (Å²) in [4.78, 5) is 21.7. The molecule has 0 saturated carbocycles. The molecule has 1 aliphatic rings. The van der Waals surface area contributed by atoms with E-state index in [1.165, 1.54) is 13.8 Å². The monoisotopic (exact) mass is 232 g/mol. The Morgan fingerprint density at radius 3 is 2.31 bits per heavy atom. The molecule has 0 spiro atoms. The fraction of sp³-hybridized carbons (Fsp3) is 0.800. The maximum Gasteiger partial charge on any atom is 0.303 e. The Balaban J connectivity index is 2.71. The van der Waals surface area contributed by atoms with Gasteiger partial charge in [0.15, 0.2) is 12.4 Å². The van der Waals surface area contributed by atoms with Crippen LogP contribution in [0.15, 0.2) is 0 Å². The molecule has 1 saturated heterocycles. The molecule has 1 N–H and O–H groups in total. The summed E-state index contributed by atoms with van der Waals surface area (Å²) in [7, 11) is 0. The molecule has 1 aliphatic heterocycles. The average Bonchev–Trinajstić information content (AvgIpc) is 2.09. The van der Waals surface area contributed by atoms with Crippen LogP contribution in [0, 0.1) is 0 Å². The van der Waals surface area contributed by atoms with Crippen LogP contribution in [-0.4, -0.2) is 41.6 Å². The fourth-order valence-corrected chi connectivity index (χ4v) is 1.67. The summed E-state index contributed by atoms with van der Waals surface area (Å²) in [5, 5.41) is 9.58. The summed E-state index contributed by atoms with van der Waals surface area (Å²) in [6, 6.07) is 0. The molecule has 0 aliphatic carbocycles. The van der Waals surface area contributed by atoms with Crippen LogP contribution in [0.3, 0.4) is 0 Å². The number of aliphatic hydroxyl groups excluding tert-OH is 1. The topological polar surface area (TPSA) is 82.1 Å². The zero-order valence-corrected chi connectivity index (χ0v) is 9.50. The highest BCUT2D eigenvalue weighted by molar-refractivity contribution is 5.67. The quantitative estimate of drug-likeness (QED) is 0.674. The molecule has 92 valence electrons. The van der Waals surface area contributed by atoms with Gasteiger partial charge in [-0.3, -0.25) is 9.59 Å². The smallest absolute Gasteiger partial charge is 0.303 e. The van der Waals surface area contributed by atoms with E-state index in [0.29, 0.717) is 6.42 Å². The standard InChI is InChI=1S/C10H16O6/c1-5-4-8(15-6(2)11)9(10(13)14-5)16-7(3)12/h5,8-10,13H,4H2,1-3H3/t5-,8+,9+,10+/m0/s1. The van der Waals surface area contributed by atoms with E-state index >= 15 is 0 Å². The summed E-state index contributed by atoms with van der Waals surface area (Å²) in [6.45, 7) is 4.22. The molecular formula is C10H16O6. The van der Waals surface area contributed by atoms with Crippen LogP contribution in [0.4, 0.5) is 0 Å². The molecule has 0 aromatic carbocycles.